The highest BCUT2D eigenvalue weighted by Gasteiger charge is 2.44. The Balaban J connectivity index is 0.838. The molecule has 2 aliphatic rings. The Kier molecular flexibility index (Phi) is 9.83. The molecule has 10 aromatic rings. The second-order valence-corrected chi connectivity index (χ2v) is 18.0. The Bertz CT molecular complexity index is 3340. The average molecular weight is 832 g/mol. The number of nitrogens with zero attached hydrogens (tertiary/aromatic N) is 1. The van der Waals surface area contributed by atoms with Crippen LogP contribution in [0.4, 0.5) is 17.1 Å². The molecule has 12 rings (SSSR count). The summed E-state index contributed by atoms with van der Waals surface area (Å²) in [6, 6.07) is 82.9. The summed E-state index contributed by atoms with van der Waals surface area (Å²) in [6.07, 6.45) is 10.8. The summed E-state index contributed by atoms with van der Waals surface area (Å²) in [7, 11) is 0. The molecule has 0 aliphatic heterocycles. The Hall–Kier alpha value is -7.74. The van der Waals surface area contributed by atoms with Crippen LogP contribution in [0.25, 0.3) is 78.2 Å². The molecule has 2 aliphatic carbocycles. The van der Waals surface area contributed by atoms with Crippen LogP contribution >= 0.6 is 0 Å². The first-order valence-electron chi connectivity index (χ1n) is 23.3. The van der Waals surface area contributed by atoms with Crippen LogP contribution in [-0.2, 0) is 5.41 Å². The first-order chi connectivity index (χ1) is 32.2. The first-order valence-corrected chi connectivity index (χ1v) is 23.3. The van der Waals surface area contributed by atoms with Crippen molar-refractivity contribution in [2.75, 3.05) is 4.90 Å². The van der Waals surface area contributed by atoms with E-state index in [1.165, 1.54) is 137 Å². The van der Waals surface area contributed by atoms with E-state index in [1.807, 2.05) is 0 Å². The van der Waals surface area contributed by atoms with E-state index in [-0.39, 0.29) is 5.41 Å². The minimum absolute atomic E-state index is 0.0306. The molecular formula is C64H49N. The average Bonchev–Trinajstić information content (AvgIpc) is 3.63. The highest BCUT2D eigenvalue weighted by molar-refractivity contribution is 5.99. The number of hydrogen-bond acceptors (Lipinski definition) is 1. The van der Waals surface area contributed by atoms with E-state index in [2.05, 4.69) is 242 Å². The van der Waals surface area contributed by atoms with Gasteiger partial charge in [-0.15, -0.1) is 0 Å². The fourth-order valence-corrected chi connectivity index (χ4v) is 11.0. The maximum Gasteiger partial charge on any atom is 0.0465 e. The number of hydrogen-bond donors (Lipinski definition) is 0. The molecule has 0 unspecified atom stereocenters. The van der Waals surface area contributed by atoms with E-state index in [0.717, 1.165) is 0 Å². The van der Waals surface area contributed by atoms with Crippen LogP contribution in [0.2, 0.25) is 0 Å². The SMILES string of the molecule is C(=C\c1ccc2cc(-c3ccc4cc(-c5ccccc5)c(-c5ccccc5)cc4c3)ccc2c1)/c1ccc2c(c1)C1(CCCCC1)c1cc(N(c3ccccc3)c3ccccc3)ccc1-2. The molecule has 0 bridgehead atoms. The summed E-state index contributed by atoms with van der Waals surface area (Å²) in [5, 5.41) is 4.98. The Morgan fingerprint density at radius 1 is 0.308 bits per heavy atom. The molecule has 1 heteroatoms. The summed E-state index contributed by atoms with van der Waals surface area (Å²) in [4.78, 5) is 2.41. The molecular weight excluding hydrogens is 783 g/mol. The predicted molar refractivity (Wildman–Crippen MR) is 277 cm³/mol. The molecule has 1 nitrogen and oxygen atoms in total. The van der Waals surface area contributed by atoms with Gasteiger partial charge in [0.25, 0.3) is 0 Å². The van der Waals surface area contributed by atoms with Crippen LogP contribution in [0, 0.1) is 0 Å². The van der Waals surface area contributed by atoms with Crippen molar-refractivity contribution >= 4 is 50.8 Å². The van der Waals surface area contributed by atoms with Gasteiger partial charge in [-0.05, 0) is 168 Å². The Labute approximate surface area is 382 Å². The molecule has 0 atom stereocenters. The third kappa shape index (κ3) is 7.14. The molecule has 0 heterocycles. The number of benzene rings is 10. The van der Waals surface area contributed by atoms with Gasteiger partial charge in [-0.1, -0.05) is 189 Å². The lowest BCUT2D eigenvalue weighted by Gasteiger charge is -2.37. The highest BCUT2D eigenvalue weighted by Crippen LogP contribution is 2.57. The maximum atomic E-state index is 2.51. The third-order valence-electron chi connectivity index (χ3n) is 14.2. The first kappa shape index (κ1) is 38.9. The van der Waals surface area contributed by atoms with E-state index in [9.17, 15) is 0 Å². The van der Waals surface area contributed by atoms with Crippen molar-refractivity contribution in [2.45, 2.75) is 37.5 Å². The Morgan fingerprint density at radius 3 is 1.38 bits per heavy atom. The van der Waals surface area contributed by atoms with Crippen LogP contribution in [0.5, 0.6) is 0 Å². The van der Waals surface area contributed by atoms with E-state index >= 15 is 0 Å². The van der Waals surface area contributed by atoms with Crippen molar-refractivity contribution in [1.82, 2.24) is 0 Å². The summed E-state index contributed by atoms with van der Waals surface area (Å²) in [5.41, 5.74) is 19.3. The Morgan fingerprint density at radius 2 is 0.769 bits per heavy atom. The molecule has 10 aromatic carbocycles. The number of anilines is 3. The standard InChI is InChI=1S/C64H49N/c1-6-16-47(17-7-1)60-42-53-32-31-52(41-54(53)43-61(60)48-18-8-2-9-19-48)51-30-29-49-38-45(26-28-50(49)40-51)24-25-46-27-34-58-59-35-33-57(44-63(59)64(62(58)39-46)36-14-5-15-37-64)65(55-20-10-3-11-21-55)56-22-12-4-13-23-56/h1-4,6-13,16-35,38-44H,5,14-15,36-37H2/b25-24+. The molecule has 0 aromatic heterocycles. The van der Waals surface area contributed by atoms with Crippen molar-refractivity contribution < 1.29 is 0 Å². The van der Waals surface area contributed by atoms with E-state index in [0.29, 0.717) is 0 Å². The molecule has 1 spiro atoms. The van der Waals surface area contributed by atoms with Gasteiger partial charge in [-0.25, -0.2) is 0 Å². The number of para-hydroxylation sites is 2. The van der Waals surface area contributed by atoms with Gasteiger partial charge in [0.1, 0.15) is 0 Å². The zero-order valence-electron chi connectivity index (χ0n) is 36.5. The van der Waals surface area contributed by atoms with Gasteiger partial charge in [-0.3, -0.25) is 0 Å². The molecule has 0 N–H and O–H groups in total. The van der Waals surface area contributed by atoms with Crippen LogP contribution in [0.1, 0.15) is 54.4 Å². The van der Waals surface area contributed by atoms with Crippen LogP contribution in [-0.4, -0.2) is 0 Å². The van der Waals surface area contributed by atoms with Gasteiger partial charge < -0.3 is 4.90 Å². The monoisotopic (exact) mass is 831 g/mol. The van der Waals surface area contributed by atoms with Crippen molar-refractivity contribution in [3.8, 4) is 44.5 Å². The van der Waals surface area contributed by atoms with Crippen molar-refractivity contribution in [3.63, 3.8) is 0 Å². The van der Waals surface area contributed by atoms with Gasteiger partial charge in [0.05, 0.1) is 0 Å². The summed E-state index contributed by atoms with van der Waals surface area (Å²) < 4.78 is 0. The zero-order valence-corrected chi connectivity index (χ0v) is 36.5. The number of fused-ring (bicyclic) bond motifs is 7. The second kappa shape index (κ2) is 16.4. The van der Waals surface area contributed by atoms with E-state index in [1.54, 1.807) is 0 Å². The predicted octanol–water partition coefficient (Wildman–Crippen LogP) is 17.9. The second-order valence-electron chi connectivity index (χ2n) is 18.0. The summed E-state index contributed by atoms with van der Waals surface area (Å²) >= 11 is 0. The van der Waals surface area contributed by atoms with Crippen LogP contribution in [0.15, 0.2) is 224 Å². The van der Waals surface area contributed by atoms with Gasteiger partial charge in [0.15, 0.2) is 0 Å². The minimum Gasteiger partial charge on any atom is -0.310 e. The summed E-state index contributed by atoms with van der Waals surface area (Å²) in [6.45, 7) is 0. The van der Waals surface area contributed by atoms with E-state index < -0.39 is 0 Å². The molecule has 65 heavy (non-hydrogen) atoms. The molecule has 1 fully saturated rings. The lowest BCUT2D eigenvalue weighted by atomic mass is 9.67. The maximum absolute atomic E-state index is 2.51. The lowest BCUT2D eigenvalue weighted by molar-refractivity contribution is 0.353. The minimum atomic E-state index is 0.0306. The van der Waals surface area contributed by atoms with Crippen molar-refractivity contribution in [2.24, 2.45) is 0 Å². The quantitative estimate of drug-likeness (QED) is 0.138. The van der Waals surface area contributed by atoms with Gasteiger partial charge in [0, 0.05) is 22.5 Å². The molecule has 0 radical (unpaired) electrons. The largest absolute Gasteiger partial charge is 0.310 e. The highest BCUT2D eigenvalue weighted by atomic mass is 15.1. The zero-order chi connectivity index (χ0) is 43.2. The van der Waals surface area contributed by atoms with Crippen LogP contribution in [0.3, 0.4) is 0 Å². The fraction of sp³-hybridized carbons (Fsp3) is 0.0938. The normalized spacial score (nSPS) is 13.9. The molecule has 310 valence electrons. The van der Waals surface area contributed by atoms with Gasteiger partial charge >= 0.3 is 0 Å². The third-order valence-corrected chi connectivity index (χ3v) is 14.2. The van der Waals surface area contributed by atoms with Crippen LogP contribution < -0.4 is 4.90 Å². The van der Waals surface area contributed by atoms with Gasteiger partial charge in [0.2, 0.25) is 0 Å². The lowest BCUT2D eigenvalue weighted by Crippen LogP contribution is -2.28. The molecule has 0 saturated heterocycles. The fourth-order valence-electron chi connectivity index (χ4n) is 11.0. The number of rotatable bonds is 8. The van der Waals surface area contributed by atoms with E-state index in [4.69, 9.17) is 0 Å². The van der Waals surface area contributed by atoms with Crippen molar-refractivity contribution in [3.05, 3.63) is 247 Å². The smallest absolute Gasteiger partial charge is 0.0465 e. The van der Waals surface area contributed by atoms with Gasteiger partial charge in [-0.2, -0.15) is 0 Å². The van der Waals surface area contributed by atoms with Crippen molar-refractivity contribution in [1.29, 1.82) is 0 Å². The molecule has 0 amide bonds. The summed E-state index contributed by atoms with van der Waals surface area (Å²) in [5.74, 6) is 0. The molecule has 1 saturated carbocycles. The topological polar surface area (TPSA) is 3.24 Å².